The molecule has 0 aliphatic carbocycles. The first kappa shape index (κ1) is 28.4. The molecule has 2 rings (SSSR count). The smallest absolute Gasteiger partial charge is 0.179 e. The molecule has 0 saturated carbocycles. The van der Waals surface area contributed by atoms with Crippen molar-refractivity contribution in [2.45, 2.75) is 6.92 Å². The van der Waals surface area contributed by atoms with Crippen molar-refractivity contribution in [1.29, 1.82) is 0 Å². The van der Waals surface area contributed by atoms with Crippen molar-refractivity contribution in [3.63, 3.8) is 0 Å². The van der Waals surface area contributed by atoms with Crippen molar-refractivity contribution in [2.24, 2.45) is 36.4 Å². The number of rotatable bonds is 12. The summed E-state index contributed by atoms with van der Waals surface area (Å²) in [5, 5.41) is 3.09. The van der Waals surface area contributed by atoms with Crippen LogP contribution in [0, 0.1) is 5.82 Å². The molecule has 0 spiro atoms. The summed E-state index contributed by atoms with van der Waals surface area (Å²) in [4.78, 5) is 20.5. The van der Waals surface area contributed by atoms with E-state index in [2.05, 4.69) is 37.0 Å². The summed E-state index contributed by atoms with van der Waals surface area (Å²) in [5.74, 6) is -0.538. The molecule has 0 heterocycles. The van der Waals surface area contributed by atoms with Gasteiger partial charge in [-0.05, 0) is 49.5 Å². The zero-order valence-electron chi connectivity index (χ0n) is 21.1. The van der Waals surface area contributed by atoms with Crippen molar-refractivity contribution in [1.82, 2.24) is 0 Å². The normalized spacial score (nSPS) is 13.6. The molecule has 37 heavy (non-hydrogen) atoms. The monoisotopic (exact) mass is 502 g/mol. The molecular weight excluding hydrogens is 471 g/mol. The quantitative estimate of drug-likeness (QED) is 0.226. The Morgan fingerprint density at radius 2 is 1.92 bits per heavy atom. The van der Waals surface area contributed by atoms with Gasteiger partial charge in [-0.1, -0.05) is 18.2 Å². The number of nitrogens with two attached hydrogens (primary N) is 2. The first-order valence-electron chi connectivity index (χ1n) is 11.2. The van der Waals surface area contributed by atoms with Crippen LogP contribution in [0.1, 0.15) is 18.1 Å². The number of anilines is 1. The van der Waals surface area contributed by atoms with Crippen LogP contribution in [0.2, 0.25) is 0 Å². The van der Waals surface area contributed by atoms with Crippen molar-refractivity contribution < 1.29 is 9.13 Å². The van der Waals surface area contributed by atoms with Gasteiger partial charge in [-0.25, -0.2) is 9.38 Å². The lowest BCUT2D eigenvalue weighted by atomic mass is 9.99. The lowest BCUT2D eigenvalue weighted by Crippen LogP contribution is -2.00. The lowest BCUT2D eigenvalue weighted by Gasteiger charge is -2.12. The third kappa shape index (κ3) is 8.70. The molecule has 10 heteroatoms. The van der Waals surface area contributed by atoms with Gasteiger partial charge in [0.15, 0.2) is 18.3 Å². The number of ether oxygens (including phenoxy) is 1. The number of aliphatic imine (C=N–C) groups is 5. The Hall–Kier alpha value is -4.86. The van der Waals surface area contributed by atoms with E-state index in [1.165, 1.54) is 43.3 Å². The molecule has 2 aromatic rings. The molecule has 2 aromatic carbocycles. The largest absolute Gasteiger partial charge is 0.468 e. The minimum Gasteiger partial charge on any atom is -0.468 e. The van der Waals surface area contributed by atoms with Crippen LogP contribution in [-0.4, -0.2) is 52.5 Å². The number of hydrogen-bond donors (Lipinski definition) is 3. The number of nitrogens with zero attached hydrogens (tertiary/aromatic N) is 5. The summed E-state index contributed by atoms with van der Waals surface area (Å²) < 4.78 is 20.5. The van der Waals surface area contributed by atoms with Crippen LogP contribution in [0.25, 0.3) is 11.3 Å². The Morgan fingerprint density at radius 1 is 1.11 bits per heavy atom. The molecule has 9 nitrogen and oxygen atoms in total. The molecular formula is C27H31FN8O. The molecule has 0 aromatic heterocycles. The van der Waals surface area contributed by atoms with Gasteiger partial charge in [0.1, 0.15) is 0 Å². The van der Waals surface area contributed by atoms with Crippen LogP contribution >= 0.6 is 0 Å². The minimum absolute atomic E-state index is 0.0430. The van der Waals surface area contributed by atoms with E-state index in [1.54, 1.807) is 26.1 Å². The highest BCUT2D eigenvalue weighted by Crippen LogP contribution is 2.30. The third-order valence-electron chi connectivity index (χ3n) is 4.87. The SMILES string of the molecule is C=N/C(C)=C\C=NCOc1ccc(/C(C=NC(C=NC)=CN)=C(/N=CN)c2cccc(NC)c2)cc1F. The third-order valence-corrected chi connectivity index (χ3v) is 4.87. The van der Waals surface area contributed by atoms with E-state index in [-0.39, 0.29) is 12.5 Å². The number of allylic oxidation sites excluding steroid dienone is 4. The number of halogens is 1. The average Bonchev–Trinajstić information content (AvgIpc) is 2.92. The van der Waals surface area contributed by atoms with Crippen LogP contribution < -0.4 is 21.5 Å². The standard InChI is InChI=1S/C27H31FN8O/c1-19(32-3)10-11-34-18-37-26-9-8-20(13-25(26)28)24(16-35-23(14-29)15-31-2)27(36-17-30)21-6-5-7-22(12-21)33-4/h5-17,33H,3,18,29H2,1-2,4H3,(H2,30,36)/b19-10-,23-14?,27-24+,31-15?,34-11?,35-16?. The molecule has 0 atom stereocenters. The Labute approximate surface area is 216 Å². The zero-order chi connectivity index (χ0) is 27.0. The second-order valence-corrected chi connectivity index (χ2v) is 7.32. The van der Waals surface area contributed by atoms with Crippen molar-refractivity contribution in [3.05, 3.63) is 83.1 Å². The molecule has 0 radical (unpaired) electrons. The highest BCUT2D eigenvalue weighted by atomic mass is 19.1. The van der Waals surface area contributed by atoms with E-state index >= 15 is 4.39 Å². The first-order chi connectivity index (χ1) is 18.0. The molecule has 0 unspecified atom stereocenters. The predicted octanol–water partition coefficient (Wildman–Crippen LogP) is 4.31. The van der Waals surface area contributed by atoms with Gasteiger partial charge < -0.3 is 21.5 Å². The van der Waals surface area contributed by atoms with E-state index in [9.17, 15) is 0 Å². The summed E-state index contributed by atoms with van der Waals surface area (Å²) >= 11 is 0. The summed E-state index contributed by atoms with van der Waals surface area (Å²) in [7, 11) is 3.42. The second kappa shape index (κ2) is 15.2. The Bertz CT molecular complexity index is 1290. The summed E-state index contributed by atoms with van der Waals surface area (Å²) in [6, 6.07) is 12.1. The first-order valence-corrected chi connectivity index (χ1v) is 11.2. The summed E-state index contributed by atoms with van der Waals surface area (Å²) in [6.07, 6.45) is 8.72. The lowest BCUT2D eigenvalue weighted by molar-refractivity contribution is 0.314. The molecule has 0 aliphatic heterocycles. The summed E-state index contributed by atoms with van der Waals surface area (Å²) in [6.45, 7) is 5.14. The molecule has 0 saturated heterocycles. The van der Waals surface area contributed by atoms with Crippen LogP contribution in [-0.2, 0) is 0 Å². The molecule has 5 N–H and O–H groups in total. The minimum atomic E-state index is -0.581. The molecule has 192 valence electrons. The summed E-state index contributed by atoms with van der Waals surface area (Å²) in [5.41, 5.74) is 15.5. The van der Waals surface area contributed by atoms with Gasteiger partial charge >= 0.3 is 0 Å². The van der Waals surface area contributed by atoms with Gasteiger partial charge in [0, 0.05) is 61.5 Å². The van der Waals surface area contributed by atoms with E-state index in [0.29, 0.717) is 28.2 Å². The van der Waals surface area contributed by atoms with Gasteiger partial charge in [0.25, 0.3) is 0 Å². The van der Waals surface area contributed by atoms with E-state index in [1.807, 2.05) is 31.3 Å². The molecule has 0 amide bonds. The fourth-order valence-corrected chi connectivity index (χ4v) is 3.01. The van der Waals surface area contributed by atoms with Crippen LogP contribution in [0.4, 0.5) is 10.1 Å². The molecule has 0 bridgehead atoms. The fraction of sp³-hybridized carbons (Fsp3) is 0.148. The zero-order valence-corrected chi connectivity index (χ0v) is 21.1. The van der Waals surface area contributed by atoms with Gasteiger partial charge in [0.2, 0.25) is 0 Å². The maximum absolute atomic E-state index is 15.1. The predicted molar refractivity (Wildman–Crippen MR) is 154 cm³/mol. The van der Waals surface area contributed by atoms with Crippen LogP contribution in [0.5, 0.6) is 5.75 Å². The van der Waals surface area contributed by atoms with Crippen LogP contribution in [0.15, 0.2) is 91.1 Å². The van der Waals surface area contributed by atoms with E-state index < -0.39 is 5.82 Å². The highest BCUT2D eigenvalue weighted by Gasteiger charge is 2.14. The maximum Gasteiger partial charge on any atom is 0.179 e. The van der Waals surface area contributed by atoms with Gasteiger partial charge in [-0.15, -0.1) is 0 Å². The fourth-order valence-electron chi connectivity index (χ4n) is 3.01. The topological polar surface area (TPSA) is 135 Å². The Kier molecular flexibility index (Phi) is 11.7. The van der Waals surface area contributed by atoms with Crippen molar-refractivity contribution in [2.75, 3.05) is 26.1 Å². The number of hydrogen-bond acceptors (Lipinski definition) is 8. The van der Waals surface area contributed by atoms with Gasteiger partial charge in [-0.2, -0.15) is 0 Å². The van der Waals surface area contributed by atoms with E-state index in [4.69, 9.17) is 16.2 Å². The number of nitrogens with one attached hydrogen (secondary N) is 1. The Balaban J connectivity index is 2.56. The van der Waals surface area contributed by atoms with Gasteiger partial charge in [-0.3, -0.25) is 20.0 Å². The van der Waals surface area contributed by atoms with Gasteiger partial charge in [0.05, 0.1) is 17.7 Å². The van der Waals surface area contributed by atoms with Crippen molar-refractivity contribution in [3.8, 4) is 5.75 Å². The average molecular weight is 503 g/mol. The molecule has 0 fully saturated rings. The number of benzene rings is 2. The highest BCUT2D eigenvalue weighted by molar-refractivity contribution is 6.20. The van der Waals surface area contributed by atoms with E-state index in [0.717, 1.165) is 11.3 Å². The van der Waals surface area contributed by atoms with Crippen LogP contribution in [0.3, 0.4) is 0 Å². The Morgan fingerprint density at radius 3 is 2.57 bits per heavy atom. The van der Waals surface area contributed by atoms with Crippen molar-refractivity contribution >= 4 is 48.7 Å². The maximum atomic E-state index is 15.1. The molecule has 0 aliphatic rings. The second-order valence-electron chi connectivity index (χ2n) is 7.32.